The molecule has 1 aromatic rings. The molecule has 2 aliphatic rings. The Hall–Kier alpha value is -0.860. The van der Waals surface area contributed by atoms with Crippen LogP contribution in [0, 0.1) is 5.92 Å². The quantitative estimate of drug-likeness (QED) is 0.427. The predicted molar refractivity (Wildman–Crippen MR) is 113 cm³/mol. The van der Waals surface area contributed by atoms with E-state index in [0.717, 1.165) is 24.9 Å². The predicted octanol–water partition coefficient (Wildman–Crippen LogP) is 7.19. The van der Waals surface area contributed by atoms with E-state index in [0.29, 0.717) is 12.7 Å². The lowest BCUT2D eigenvalue weighted by atomic mass is 9.77. The molecular formula is C25H40O2. The Labute approximate surface area is 167 Å². The van der Waals surface area contributed by atoms with Crippen LogP contribution in [0.2, 0.25) is 0 Å². The summed E-state index contributed by atoms with van der Waals surface area (Å²) in [6.07, 6.45) is 15.2. The molecule has 2 nitrogen and oxygen atoms in total. The van der Waals surface area contributed by atoms with Gasteiger partial charge in [-0.25, -0.2) is 0 Å². The number of ether oxygens (including phenoxy) is 2. The smallest absolute Gasteiger partial charge is 0.106 e. The first-order chi connectivity index (χ1) is 13.3. The van der Waals surface area contributed by atoms with Crippen molar-refractivity contribution in [2.75, 3.05) is 13.2 Å². The third kappa shape index (κ3) is 6.32. The van der Waals surface area contributed by atoms with Crippen LogP contribution in [0.5, 0.6) is 0 Å². The lowest BCUT2D eigenvalue weighted by Crippen LogP contribution is -2.31. The zero-order valence-corrected chi connectivity index (χ0v) is 17.6. The monoisotopic (exact) mass is 372 g/mol. The largest absolute Gasteiger partial charge is 0.373 e. The van der Waals surface area contributed by atoms with Crippen molar-refractivity contribution in [3.05, 3.63) is 35.4 Å². The van der Waals surface area contributed by atoms with E-state index < -0.39 is 0 Å². The van der Waals surface area contributed by atoms with Crippen molar-refractivity contribution in [1.82, 2.24) is 0 Å². The SMILES string of the molecule is CCCCCC1COC(c2ccc(C3CCC(CCCC)CC3)cc2)CO1. The van der Waals surface area contributed by atoms with Gasteiger partial charge in [-0.05, 0) is 55.1 Å². The van der Waals surface area contributed by atoms with Crippen molar-refractivity contribution in [2.45, 2.75) is 103 Å². The van der Waals surface area contributed by atoms with Gasteiger partial charge in [0.25, 0.3) is 0 Å². The van der Waals surface area contributed by atoms with Gasteiger partial charge < -0.3 is 9.47 Å². The van der Waals surface area contributed by atoms with Crippen LogP contribution in [0.1, 0.15) is 108 Å². The molecule has 0 N–H and O–H groups in total. The van der Waals surface area contributed by atoms with Crippen LogP contribution in [-0.2, 0) is 9.47 Å². The third-order valence-electron chi connectivity index (χ3n) is 6.69. The molecule has 27 heavy (non-hydrogen) atoms. The van der Waals surface area contributed by atoms with Gasteiger partial charge in [0.05, 0.1) is 19.3 Å². The van der Waals surface area contributed by atoms with Gasteiger partial charge in [-0.1, -0.05) is 76.6 Å². The van der Waals surface area contributed by atoms with E-state index in [4.69, 9.17) is 9.47 Å². The van der Waals surface area contributed by atoms with Crippen molar-refractivity contribution in [3.8, 4) is 0 Å². The van der Waals surface area contributed by atoms with Crippen LogP contribution >= 0.6 is 0 Å². The van der Waals surface area contributed by atoms with E-state index in [1.165, 1.54) is 75.3 Å². The molecule has 0 aromatic heterocycles. The summed E-state index contributed by atoms with van der Waals surface area (Å²) in [5.41, 5.74) is 2.81. The summed E-state index contributed by atoms with van der Waals surface area (Å²) in [5, 5.41) is 0. The fraction of sp³-hybridized carbons (Fsp3) is 0.760. The Morgan fingerprint density at radius 3 is 2.07 bits per heavy atom. The Kier molecular flexibility index (Phi) is 8.67. The molecule has 2 heteroatoms. The van der Waals surface area contributed by atoms with Crippen molar-refractivity contribution in [1.29, 1.82) is 0 Å². The first kappa shape index (κ1) is 20.9. The van der Waals surface area contributed by atoms with E-state index in [2.05, 4.69) is 38.1 Å². The topological polar surface area (TPSA) is 18.5 Å². The van der Waals surface area contributed by atoms with Crippen LogP contribution in [0.15, 0.2) is 24.3 Å². The summed E-state index contributed by atoms with van der Waals surface area (Å²) in [5.74, 6) is 1.75. The maximum Gasteiger partial charge on any atom is 0.106 e. The van der Waals surface area contributed by atoms with Crippen LogP contribution in [0.4, 0.5) is 0 Å². The van der Waals surface area contributed by atoms with E-state index >= 15 is 0 Å². The maximum atomic E-state index is 6.12. The summed E-state index contributed by atoms with van der Waals surface area (Å²) >= 11 is 0. The van der Waals surface area contributed by atoms with E-state index in [1.807, 2.05) is 0 Å². The standard InChI is InChI=1S/C25H40O2/c1-3-5-7-9-24-18-27-25(19-26-24)23-16-14-22(15-17-23)21-12-10-20(11-13-21)8-6-4-2/h14-17,20-21,24-25H,3-13,18-19H2,1-2H3. The van der Waals surface area contributed by atoms with Gasteiger partial charge >= 0.3 is 0 Å². The fourth-order valence-corrected chi connectivity index (χ4v) is 4.78. The molecule has 0 bridgehead atoms. The number of rotatable bonds is 9. The summed E-state index contributed by atoms with van der Waals surface area (Å²) in [6, 6.07) is 9.26. The van der Waals surface area contributed by atoms with Crippen molar-refractivity contribution in [2.24, 2.45) is 5.92 Å². The fourth-order valence-electron chi connectivity index (χ4n) is 4.78. The number of benzene rings is 1. The summed E-state index contributed by atoms with van der Waals surface area (Å²) in [7, 11) is 0. The highest BCUT2D eigenvalue weighted by atomic mass is 16.6. The summed E-state index contributed by atoms with van der Waals surface area (Å²) in [4.78, 5) is 0. The minimum Gasteiger partial charge on any atom is -0.373 e. The molecular weight excluding hydrogens is 332 g/mol. The molecule has 2 fully saturated rings. The third-order valence-corrected chi connectivity index (χ3v) is 6.69. The van der Waals surface area contributed by atoms with Crippen molar-refractivity contribution in [3.63, 3.8) is 0 Å². The van der Waals surface area contributed by atoms with Crippen molar-refractivity contribution < 1.29 is 9.47 Å². The molecule has 152 valence electrons. The minimum atomic E-state index is 0.117. The molecule has 1 saturated heterocycles. The molecule has 2 atom stereocenters. The van der Waals surface area contributed by atoms with E-state index in [1.54, 1.807) is 0 Å². The second-order valence-electron chi connectivity index (χ2n) is 8.80. The van der Waals surface area contributed by atoms with Gasteiger partial charge in [0.1, 0.15) is 6.10 Å². The molecule has 1 aromatic carbocycles. The van der Waals surface area contributed by atoms with Crippen LogP contribution in [0.3, 0.4) is 0 Å². The minimum absolute atomic E-state index is 0.117. The molecule has 2 unspecified atom stereocenters. The lowest BCUT2D eigenvalue weighted by molar-refractivity contribution is -0.137. The van der Waals surface area contributed by atoms with E-state index in [-0.39, 0.29) is 6.10 Å². The maximum absolute atomic E-state index is 6.12. The van der Waals surface area contributed by atoms with Crippen LogP contribution in [0.25, 0.3) is 0 Å². The lowest BCUT2D eigenvalue weighted by Gasteiger charge is -2.31. The molecule has 1 aliphatic heterocycles. The Balaban J connectivity index is 1.43. The zero-order chi connectivity index (χ0) is 18.9. The molecule has 3 rings (SSSR count). The summed E-state index contributed by atoms with van der Waals surface area (Å²) in [6.45, 7) is 6.01. The number of hydrogen-bond donors (Lipinski definition) is 0. The van der Waals surface area contributed by atoms with E-state index in [9.17, 15) is 0 Å². The molecule has 0 spiro atoms. The number of unbranched alkanes of at least 4 members (excludes halogenated alkanes) is 3. The first-order valence-corrected chi connectivity index (χ1v) is 11.6. The normalized spacial score (nSPS) is 29.0. The average Bonchev–Trinajstić information content (AvgIpc) is 2.73. The molecule has 1 heterocycles. The molecule has 1 saturated carbocycles. The highest BCUT2D eigenvalue weighted by molar-refractivity contribution is 5.27. The van der Waals surface area contributed by atoms with Crippen LogP contribution < -0.4 is 0 Å². The molecule has 1 aliphatic carbocycles. The van der Waals surface area contributed by atoms with Gasteiger partial charge in [0.15, 0.2) is 0 Å². The number of hydrogen-bond acceptors (Lipinski definition) is 2. The average molecular weight is 373 g/mol. The Morgan fingerprint density at radius 1 is 0.741 bits per heavy atom. The highest BCUT2D eigenvalue weighted by Gasteiger charge is 2.25. The molecule has 0 radical (unpaired) electrons. The van der Waals surface area contributed by atoms with Gasteiger partial charge in [-0.15, -0.1) is 0 Å². The summed E-state index contributed by atoms with van der Waals surface area (Å²) < 4.78 is 12.2. The highest BCUT2D eigenvalue weighted by Crippen LogP contribution is 2.38. The Morgan fingerprint density at radius 2 is 1.44 bits per heavy atom. The van der Waals surface area contributed by atoms with Gasteiger partial charge in [-0.2, -0.15) is 0 Å². The van der Waals surface area contributed by atoms with Gasteiger partial charge in [-0.3, -0.25) is 0 Å². The second kappa shape index (κ2) is 11.2. The first-order valence-electron chi connectivity index (χ1n) is 11.6. The van der Waals surface area contributed by atoms with Crippen LogP contribution in [-0.4, -0.2) is 19.3 Å². The zero-order valence-electron chi connectivity index (χ0n) is 17.6. The van der Waals surface area contributed by atoms with Gasteiger partial charge in [0.2, 0.25) is 0 Å². The van der Waals surface area contributed by atoms with Crippen molar-refractivity contribution >= 4 is 0 Å². The molecule has 0 amide bonds. The van der Waals surface area contributed by atoms with Gasteiger partial charge in [0, 0.05) is 0 Å². The second-order valence-corrected chi connectivity index (χ2v) is 8.80. The Bertz CT molecular complexity index is 508.